The Morgan fingerprint density at radius 1 is 1.41 bits per heavy atom. The van der Waals surface area contributed by atoms with Crippen molar-refractivity contribution in [2.45, 2.75) is 45.6 Å². The van der Waals surface area contributed by atoms with E-state index in [1.807, 2.05) is 11.8 Å². The summed E-state index contributed by atoms with van der Waals surface area (Å²) in [5, 5.41) is 9.39. The van der Waals surface area contributed by atoms with Crippen molar-refractivity contribution < 1.29 is 9.90 Å². The van der Waals surface area contributed by atoms with Gasteiger partial charge in [0, 0.05) is 19.7 Å². The summed E-state index contributed by atoms with van der Waals surface area (Å²) in [5.41, 5.74) is 5.77. The quantitative estimate of drug-likeness (QED) is 0.801. The van der Waals surface area contributed by atoms with Crippen LogP contribution in [-0.2, 0) is 4.79 Å². The number of nitrogens with zero attached hydrogens (tertiary/aromatic N) is 1. The van der Waals surface area contributed by atoms with Gasteiger partial charge in [0.2, 0.25) is 5.91 Å². The highest BCUT2D eigenvalue weighted by molar-refractivity contribution is 5.85. The number of carbonyl (C=O) groups excluding carboxylic acids is 1. The van der Waals surface area contributed by atoms with E-state index in [1.165, 1.54) is 0 Å². The van der Waals surface area contributed by atoms with Gasteiger partial charge in [-0.1, -0.05) is 13.8 Å². The first-order valence-corrected chi connectivity index (χ1v) is 6.24. The predicted octanol–water partition coefficient (Wildman–Crippen LogP) is 1.16. The van der Waals surface area contributed by atoms with Crippen LogP contribution in [0, 0.1) is 5.41 Å². The number of carbonyl (C=O) groups is 1. The van der Waals surface area contributed by atoms with E-state index in [9.17, 15) is 9.90 Å². The third kappa shape index (κ3) is 3.83. The van der Waals surface area contributed by atoms with E-state index in [0.29, 0.717) is 6.42 Å². The van der Waals surface area contributed by atoms with Gasteiger partial charge >= 0.3 is 0 Å². The van der Waals surface area contributed by atoms with Crippen molar-refractivity contribution in [2.75, 3.05) is 19.7 Å². The summed E-state index contributed by atoms with van der Waals surface area (Å²) in [5.74, 6) is 0.0603. The number of halogens is 1. The first-order chi connectivity index (χ1) is 7.58. The van der Waals surface area contributed by atoms with Crippen molar-refractivity contribution in [1.29, 1.82) is 0 Å². The van der Waals surface area contributed by atoms with Gasteiger partial charge in [-0.2, -0.15) is 0 Å². The van der Waals surface area contributed by atoms with Crippen LogP contribution in [0.2, 0.25) is 0 Å². The van der Waals surface area contributed by atoms with Crippen LogP contribution in [0.15, 0.2) is 0 Å². The van der Waals surface area contributed by atoms with Gasteiger partial charge in [0.05, 0.1) is 6.04 Å². The highest BCUT2D eigenvalue weighted by atomic mass is 35.5. The molecule has 0 spiro atoms. The van der Waals surface area contributed by atoms with E-state index < -0.39 is 0 Å². The van der Waals surface area contributed by atoms with Gasteiger partial charge in [0.1, 0.15) is 0 Å². The molecule has 1 aliphatic rings. The van der Waals surface area contributed by atoms with Crippen molar-refractivity contribution in [2.24, 2.45) is 11.1 Å². The molecule has 1 aliphatic heterocycles. The highest BCUT2D eigenvalue weighted by Crippen LogP contribution is 2.34. The van der Waals surface area contributed by atoms with Gasteiger partial charge in [0.15, 0.2) is 0 Å². The lowest BCUT2D eigenvalue weighted by atomic mass is 9.77. The highest BCUT2D eigenvalue weighted by Gasteiger charge is 2.34. The molecule has 1 amide bonds. The molecule has 1 unspecified atom stereocenters. The van der Waals surface area contributed by atoms with Gasteiger partial charge in [-0.05, 0) is 31.1 Å². The van der Waals surface area contributed by atoms with Gasteiger partial charge in [-0.25, -0.2) is 0 Å². The molecule has 0 aromatic carbocycles. The lowest BCUT2D eigenvalue weighted by molar-refractivity contribution is -0.135. The second-order valence-electron chi connectivity index (χ2n) is 4.85. The molecule has 0 aromatic heterocycles. The van der Waals surface area contributed by atoms with Crippen LogP contribution in [0.3, 0.4) is 0 Å². The minimum Gasteiger partial charge on any atom is -0.396 e. The van der Waals surface area contributed by atoms with E-state index in [2.05, 4.69) is 6.92 Å². The zero-order valence-corrected chi connectivity index (χ0v) is 11.6. The molecule has 4 nitrogen and oxygen atoms in total. The molecule has 5 heteroatoms. The molecule has 0 aliphatic carbocycles. The maximum absolute atomic E-state index is 11.9. The van der Waals surface area contributed by atoms with E-state index in [4.69, 9.17) is 5.73 Å². The van der Waals surface area contributed by atoms with Crippen LogP contribution in [-0.4, -0.2) is 41.7 Å². The van der Waals surface area contributed by atoms with Crippen LogP contribution in [0.5, 0.6) is 0 Å². The van der Waals surface area contributed by atoms with Crippen molar-refractivity contribution in [3.63, 3.8) is 0 Å². The zero-order chi connectivity index (χ0) is 12.2. The summed E-state index contributed by atoms with van der Waals surface area (Å²) in [6.07, 6.45) is 3.45. The number of hydrogen-bond donors (Lipinski definition) is 2. The number of likely N-dealkylation sites (tertiary alicyclic amines) is 1. The number of nitrogens with two attached hydrogens (primary N) is 1. The predicted molar refractivity (Wildman–Crippen MR) is 71.1 cm³/mol. The normalized spacial score (nSPS) is 20.6. The van der Waals surface area contributed by atoms with Gasteiger partial charge in [-0.15, -0.1) is 12.4 Å². The lowest BCUT2D eigenvalue weighted by Gasteiger charge is -2.40. The van der Waals surface area contributed by atoms with E-state index in [0.717, 1.165) is 32.4 Å². The van der Waals surface area contributed by atoms with Crippen LogP contribution >= 0.6 is 12.4 Å². The monoisotopic (exact) mass is 264 g/mol. The molecule has 1 saturated heterocycles. The Kier molecular flexibility index (Phi) is 7.05. The third-order valence-electron chi connectivity index (χ3n) is 3.98. The van der Waals surface area contributed by atoms with Gasteiger partial charge in [-0.3, -0.25) is 4.79 Å². The molecule has 0 radical (unpaired) electrons. The summed E-state index contributed by atoms with van der Waals surface area (Å²) >= 11 is 0. The number of aliphatic hydroxyl groups is 1. The molecule has 17 heavy (non-hydrogen) atoms. The topological polar surface area (TPSA) is 66.6 Å². The number of piperidine rings is 1. The van der Waals surface area contributed by atoms with Crippen LogP contribution in [0.4, 0.5) is 0 Å². The fourth-order valence-corrected chi connectivity index (χ4v) is 2.23. The first-order valence-electron chi connectivity index (χ1n) is 6.24. The summed E-state index contributed by atoms with van der Waals surface area (Å²) in [6.45, 7) is 5.73. The van der Waals surface area contributed by atoms with Crippen LogP contribution < -0.4 is 5.73 Å². The minimum atomic E-state index is -0.358. The molecule has 3 N–H and O–H groups in total. The van der Waals surface area contributed by atoms with Crippen molar-refractivity contribution in [3.8, 4) is 0 Å². The summed E-state index contributed by atoms with van der Waals surface area (Å²) < 4.78 is 0. The molecule has 0 saturated carbocycles. The molecule has 102 valence electrons. The number of amides is 1. The molecule has 0 bridgehead atoms. The molecule has 1 rings (SSSR count). The first kappa shape index (κ1) is 16.7. The Bertz CT molecular complexity index is 235. The second kappa shape index (κ2) is 7.19. The minimum absolute atomic E-state index is 0. The Labute approximate surface area is 110 Å². The fourth-order valence-electron chi connectivity index (χ4n) is 2.23. The summed E-state index contributed by atoms with van der Waals surface area (Å²) in [6, 6.07) is -0.358. The fraction of sp³-hybridized carbons (Fsp3) is 0.917. The number of aliphatic hydroxyl groups excluding tert-OH is 1. The molecular formula is C12H25ClN2O2. The second-order valence-corrected chi connectivity index (χ2v) is 4.85. The third-order valence-corrected chi connectivity index (χ3v) is 3.98. The Morgan fingerprint density at radius 2 is 1.94 bits per heavy atom. The molecule has 1 heterocycles. The van der Waals surface area contributed by atoms with Gasteiger partial charge < -0.3 is 15.7 Å². The molecular weight excluding hydrogens is 240 g/mol. The standard InChI is InChI=1S/C12H24N2O2.ClH/c1-3-10(13)11(16)14-7-5-12(4-2,9-15)6-8-14;/h10,15H,3-9,13H2,1-2H3;1H. The van der Waals surface area contributed by atoms with Crippen molar-refractivity contribution >= 4 is 18.3 Å². The Morgan fingerprint density at radius 3 is 2.29 bits per heavy atom. The van der Waals surface area contributed by atoms with Crippen molar-refractivity contribution in [1.82, 2.24) is 4.90 Å². The van der Waals surface area contributed by atoms with E-state index in [1.54, 1.807) is 0 Å². The van der Waals surface area contributed by atoms with Crippen molar-refractivity contribution in [3.05, 3.63) is 0 Å². The lowest BCUT2D eigenvalue weighted by Crippen LogP contribution is -2.49. The summed E-state index contributed by atoms with van der Waals surface area (Å²) in [4.78, 5) is 13.7. The average molecular weight is 265 g/mol. The zero-order valence-electron chi connectivity index (χ0n) is 10.8. The molecule has 1 fully saturated rings. The van der Waals surface area contributed by atoms with E-state index in [-0.39, 0.29) is 36.4 Å². The average Bonchev–Trinajstić information content (AvgIpc) is 2.37. The molecule has 1 atom stereocenters. The Balaban J connectivity index is 0.00000256. The maximum Gasteiger partial charge on any atom is 0.239 e. The maximum atomic E-state index is 11.9. The smallest absolute Gasteiger partial charge is 0.239 e. The van der Waals surface area contributed by atoms with E-state index >= 15 is 0 Å². The summed E-state index contributed by atoms with van der Waals surface area (Å²) in [7, 11) is 0. The Hall–Kier alpha value is -0.320. The SMILES string of the molecule is CCC(N)C(=O)N1CCC(CC)(CO)CC1.Cl. The van der Waals surface area contributed by atoms with Gasteiger partial charge in [0.25, 0.3) is 0 Å². The largest absolute Gasteiger partial charge is 0.396 e. The van der Waals surface area contributed by atoms with Crippen LogP contribution in [0.1, 0.15) is 39.5 Å². The number of rotatable bonds is 4. The molecule has 0 aromatic rings. The number of hydrogen-bond acceptors (Lipinski definition) is 3. The van der Waals surface area contributed by atoms with Crippen LogP contribution in [0.25, 0.3) is 0 Å².